The number of aromatic nitrogens is 3. The third kappa shape index (κ3) is 6.33. The number of ether oxygens (including phenoxy) is 1. The van der Waals surface area contributed by atoms with Gasteiger partial charge in [-0.05, 0) is 76.1 Å². The van der Waals surface area contributed by atoms with E-state index in [0.717, 1.165) is 28.2 Å². The van der Waals surface area contributed by atoms with Gasteiger partial charge in [-0.3, -0.25) is 14.7 Å². The molecular weight excluding hydrogens is 486 g/mol. The van der Waals surface area contributed by atoms with Crippen LogP contribution in [0.25, 0.3) is 11.3 Å². The standard InChI is InChI=1S/C28H35N5O3S/c1-5-36-28(35)21-13-16-33(17-14-21)26-24(27(34)29-15-12-23-18(2)31-32-19(23)3)10-11-25(30-26)20-6-8-22(37-4)9-7-20/h6-11,21H,5,12-17H2,1-4H3,(H,29,34)(H,31,32). The van der Waals surface area contributed by atoms with Crippen molar-refractivity contribution in [3.05, 3.63) is 58.9 Å². The molecule has 2 N–H and O–H groups in total. The third-order valence-corrected chi connectivity index (χ3v) is 7.60. The molecule has 2 aromatic heterocycles. The molecule has 9 heteroatoms. The molecule has 8 nitrogen and oxygen atoms in total. The number of H-pyrrole nitrogens is 1. The first kappa shape index (κ1) is 26.7. The van der Waals surface area contributed by atoms with Gasteiger partial charge >= 0.3 is 5.97 Å². The molecule has 0 unspecified atom stereocenters. The summed E-state index contributed by atoms with van der Waals surface area (Å²) in [6, 6.07) is 12.0. The fourth-order valence-corrected chi connectivity index (χ4v) is 5.12. The number of nitrogens with one attached hydrogen (secondary N) is 2. The lowest BCUT2D eigenvalue weighted by Gasteiger charge is -2.33. The Kier molecular flexibility index (Phi) is 8.87. The Hall–Kier alpha value is -3.33. The molecule has 1 aliphatic heterocycles. The quantitative estimate of drug-likeness (QED) is 0.314. The molecular formula is C28H35N5O3S. The number of carbonyl (C=O) groups is 2. The van der Waals surface area contributed by atoms with Crippen LogP contribution in [0, 0.1) is 19.8 Å². The van der Waals surface area contributed by atoms with Crippen LogP contribution in [0.15, 0.2) is 41.3 Å². The first-order valence-electron chi connectivity index (χ1n) is 12.8. The van der Waals surface area contributed by atoms with Gasteiger partial charge in [0, 0.05) is 35.8 Å². The lowest BCUT2D eigenvalue weighted by molar-refractivity contribution is -0.148. The van der Waals surface area contributed by atoms with Gasteiger partial charge < -0.3 is 15.0 Å². The summed E-state index contributed by atoms with van der Waals surface area (Å²) in [5.41, 5.74) is 5.46. The van der Waals surface area contributed by atoms with Crippen LogP contribution in [-0.2, 0) is 16.0 Å². The largest absolute Gasteiger partial charge is 0.466 e. The summed E-state index contributed by atoms with van der Waals surface area (Å²) in [6.07, 6.45) is 4.10. The first-order valence-corrected chi connectivity index (χ1v) is 14.0. The van der Waals surface area contributed by atoms with Crippen LogP contribution >= 0.6 is 11.8 Å². The number of aromatic amines is 1. The Labute approximate surface area is 222 Å². The highest BCUT2D eigenvalue weighted by Gasteiger charge is 2.29. The van der Waals surface area contributed by atoms with Crippen LogP contribution in [0.2, 0.25) is 0 Å². The van der Waals surface area contributed by atoms with Crippen molar-refractivity contribution in [2.75, 3.05) is 37.4 Å². The van der Waals surface area contributed by atoms with Crippen molar-refractivity contribution in [3.63, 3.8) is 0 Å². The fraction of sp³-hybridized carbons (Fsp3) is 0.429. The summed E-state index contributed by atoms with van der Waals surface area (Å²) >= 11 is 1.69. The van der Waals surface area contributed by atoms with Gasteiger partial charge in [0.15, 0.2) is 0 Å². The number of hydrogen-bond donors (Lipinski definition) is 2. The number of nitrogens with zero attached hydrogens (tertiary/aromatic N) is 3. The Morgan fingerprint density at radius 2 is 1.86 bits per heavy atom. The highest BCUT2D eigenvalue weighted by atomic mass is 32.2. The normalized spacial score (nSPS) is 14.0. The molecule has 0 radical (unpaired) electrons. The van der Waals surface area contributed by atoms with Gasteiger partial charge in [0.2, 0.25) is 0 Å². The van der Waals surface area contributed by atoms with Crippen molar-refractivity contribution in [1.29, 1.82) is 0 Å². The van der Waals surface area contributed by atoms with E-state index in [1.807, 2.05) is 39.2 Å². The molecule has 0 atom stereocenters. The van der Waals surface area contributed by atoms with Gasteiger partial charge in [-0.25, -0.2) is 4.98 Å². The lowest BCUT2D eigenvalue weighted by atomic mass is 9.96. The average molecular weight is 522 g/mol. The third-order valence-electron chi connectivity index (χ3n) is 6.86. The fourth-order valence-electron chi connectivity index (χ4n) is 4.72. The topological polar surface area (TPSA) is 100 Å². The number of benzene rings is 1. The number of carbonyl (C=O) groups excluding carboxylic acids is 2. The zero-order valence-corrected chi connectivity index (χ0v) is 22.8. The monoisotopic (exact) mass is 521 g/mol. The predicted octanol–water partition coefficient (Wildman–Crippen LogP) is 4.56. The molecule has 3 heterocycles. The van der Waals surface area contributed by atoms with E-state index in [2.05, 4.69) is 44.7 Å². The number of piperidine rings is 1. The van der Waals surface area contributed by atoms with Crippen LogP contribution in [0.5, 0.6) is 0 Å². The minimum absolute atomic E-state index is 0.114. The number of amides is 1. The second-order valence-electron chi connectivity index (χ2n) is 9.23. The van der Waals surface area contributed by atoms with Crippen LogP contribution in [-0.4, -0.2) is 59.6 Å². The van der Waals surface area contributed by atoms with E-state index < -0.39 is 0 Å². The summed E-state index contributed by atoms with van der Waals surface area (Å²) in [4.78, 5) is 33.8. The van der Waals surface area contributed by atoms with Gasteiger partial charge in [0.25, 0.3) is 5.91 Å². The minimum atomic E-state index is -0.155. The molecule has 0 aliphatic carbocycles. The number of pyridine rings is 1. The number of anilines is 1. The van der Waals surface area contributed by atoms with Crippen LogP contribution in [0.4, 0.5) is 5.82 Å². The van der Waals surface area contributed by atoms with Crippen LogP contribution in [0.3, 0.4) is 0 Å². The zero-order chi connectivity index (χ0) is 26.4. The molecule has 1 saturated heterocycles. The first-order chi connectivity index (χ1) is 17.9. The zero-order valence-electron chi connectivity index (χ0n) is 22.0. The molecule has 1 aromatic carbocycles. The SMILES string of the molecule is CCOC(=O)C1CCN(c2nc(-c3ccc(SC)cc3)ccc2C(=O)NCCc2c(C)n[nH]c2C)CC1. The minimum Gasteiger partial charge on any atom is -0.466 e. The second kappa shape index (κ2) is 12.3. The van der Waals surface area contributed by atoms with Crippen molar-refractivity contribution in [1.82, 2.24) is 20.5 Å². The van der Waals surface area contributed by atoms with E-state index in [1.54, 1.807) is 11.8 Å². The number of hydrogen-bond acceptors (Lipinski definition) is 7. The van der Waals surface area contributed by atoms with Crippen LogP contribution < -0.4 is 10.2 Å². The van der Waals surface area contributed by atoms with Gasteiger partial charge in [0.1, 0.15) is 5.82 Å². The summed E-state index contributed by atoms with van der Waals surface area (Å²) in [7, 11) is 0. The van der Waals surface area contributed by atoms with E-state index in [9.17, 15) is 9.59 Å². The maximum absolute atomic E-state index is 13.3. The maximum Gasteiger partial charge on any atom is 0.309 e. The molecule has 3 aromatic rings. The number of thioether (sulfide) groups is 1. The van der Waals surface area contributed by atoms with Gasteiger partial charge in [-0.1, -0.05) is 12.1 Å². The van der Waals surface area contributed by atoms with Gasteiger partial charge in [-0.15, -0.1) is 11.8 Å². The summed E-state index contributed by atoms with van der Waals surface area (Å²) in [6.45, 7) is 7.95. The molecule has 37 heavy (non-hydrogen) atoms. The molecule has 0 spiro atoms. The van der Waals surface area contributed by atoms with E-state index >= 15 is 0 Å². The second-order valence-corrected chi connectivity index (χ2v) is 10.1. The number of rotatable bonds is 9. The van der Waals surface area contributed by atoms with E-state index in [1.165, 1.54) is 4.90 Å². The molecule has 0 bridgehead atoms. The Bertz CT molecular complexity index is 1210. The molecule has 4 rings (SSSR count). The Morgan fingerprint density at radius 3 is 2.49 bits per heavy atom. The number of esters is 1. The molecule has 1 aliphatic rings. The van der Waals surface area contributed by atoms with Gasteiger partial charge in [0.05, 0.1) is 29.5 Å². The molecule has 0 saturated carbocycles. The van der Waals surface area contributed by atoms with Crippen LogP contribution in [0.1, 0.15) is 47.1 Å². The van der Waals surface area contributed by atoms with Crippen molar-refractivity contribution in [3.8, 4) is 11.3 Å². The molecule has 196 valence electrons. The Morgan fingerprint density at radius 1 is 1.14 bits per heavy atom. The maximum atomic E-state index is 13.3. The molecule has 1 amide bonds. The van der Waals surface area contributed by atoms with Crippen molar-refractivity contribution < 1.29 is 14.3 Å². The summed E-state index contributed by atoms with van der Waals surface area (Å²) in [5.74, 6) is 0.248. The number of aryl methyl sites for hydroxylation is 2. The van der Waals surface area contributed by atoms with Crippen molar-refractivity contribution >= 4 is 29.5 Å². The average Bonchev–Trinajstić information content (AvgIpc) is 3.25. The summed E-state index contributed by atoms with van der Waals surface area (Å²) < 4.78 is 5.23. The Balaban J connectivity index is 1.55. The van der Waals surface area contributed by atoms with Crippen molar-refractivity contribution in [2.45, 2.75) is 44.9 Å². The highest BCUT2D eigenvalue weighted by molar-refractivity contribution is 7.98. The van der Waals surface area contributed by atoms with Crippen molar-refractivity contribution in [2.24, 2.45) is 5.92 Å². The highest BCUT2D eigenvalue weighted by Crippen LogP contribution is 2.29. The predicted molar refractivity (Wildman–Crippen MR) is 147 cm³/mol. The van der Waals surface area contributed by atoms with E-state index in [4.69, 9.17) is 9.72 Å². The van der Waals surface area contributed by atoms with E-state index in [-0.39, 0.29) is 17.8 Å². The molecule has 1 fully saturated rings. The summed E-state index contributed by atoms with van der Waals surface area (Å²) in [5, 5.41) is 10.3. The van der Waals surface area contributed by atoms with Gasteiger partial charge in [-0.2, -0.15) is 5.10 Å². The smallest absolute Gasteiger partial charge is 0.309 e. The lowest BCUT2D eigenvalue weighted by Crippen LogP contribution is -2.39. The van der Waals surface area contributed by atoms with E-state index in [0.29, 0.717) is 56.9 Å².